The van der Waals surface area contributed by atoms with Crippen molar-refractivity contribution in [3.63, 3.8) is 0 Å². The van der Waals surface area contributed by atoms with Crippen LogP contribution >= 0.6 is 11.3 Å². The lowest BCUT2D eigenvalue weighted by molar-refractivity contribution is -0.145. The lowest BCUT2D eigenvalue weighted by Crippen LogP contribution is -2.31. The van der Waals surface area contributed by atoms with Crippen LogP contribution in [0.3, 0.4) is 0 Å². The number of nitrogens with zero attached hydrogens (tertiary/aromatic N) is 1. The van der Waals surface area contributed by atoms with Crippen molar-refractivity contribution in [3.8, 4) is 0 Å². The Balaban J connectivity index is 1.93. The monoisotopic (exact) mass is 267 g/mol. The van der Waals surface area contributed by atoms with E-state index in [0.29, 0.717) is 6.42 Å². The molecule has 0 spiro atoms. The summed E-state index contributed by atoms with van der Waals surface area (Å²) < 4.78 is 0. The van der Waals surface area contributed by atoms with Gasteiger partial charge in [-0.1, -0.05) is 6.07 Å². The second kappa shape index (κ2) is 6.00. The second-order valence-corrected chi connectivity index (χ2v) is 5.64. The van der Waals surface area contributed by atoms with Gasteiger partial charge in [-0.05, 0) is 30.7 Å². The normalized spacial score (nSPS) is 16.8. The summed E-state index contributed by atoms with van der Waals surface area (Å²) in [5.41, 5.74) is 0. The predicted octanol–water partition coefficient (Wildman–Crippen LogP) is 2.00. The molecule has 2 heterocycles. The fourth-order valence-corrected chi connectivity index (χ4v) is 3.01. The molecule has 1 aliphatic heterocycles. The van der Waals surface area contributed by atoms with E-state index in [1.807, 2.05) is 17.5 Å². The molecule has 1 fully saturated rings. The van der Waals surface area contributed by atoms with Gasteiger partial charge in [0, 0.05) is 24.4 Å². The molecule has 0 radical (unpaired) electrons. The molecule has 0 saturated carbocycles. The van der Waals surface area contributed by atoms with Crippen molar-refractivity contribution in [2.24, 2.45) is 5.92 Å². The summed E-state index contributed by atoms with van der Waals surface area (Å²) >= 11 is 1.54. The molecule has 1 aromatic rings. The van der Waals surface area contributed by atoms with E-state index in [1.165, 1.54) is 11.3 Å². The van der Waals surface area contributed by atoms with Gasteiger partial charge in [0.2, 0.25) is 5.91 Å². The molecule has 98 valence electrons. The molecule has 1 aliphatic rings. The highest BCUT2D eigenvalue weighted by molar-refractivity contribution is 7.09. The van der Waals surface area contributed by atoms with E-state index >= 15 is 0 Å². The van der Waals surface area contributed by atoms with Crippen LogP contribution in [0.4, 0.5) is 0 Å². The Morgan fingerprint density at radius 1 is 1.39 bits per heavy atom. The number of hydrogen-bond donors (Lipinski definition) is 1. The number of carboxylic acids is 1. The Morgan fingerprint density at radius 3 is 2.67 bits per heavy atom. The van der Waals surface area contributed by atoms with Crippen molar-refractivity contribution in [1.82, 2.24) is 4.90 Å². The van der Waals surface area contributed by atoms with E-state index in [9.17, 15) is 14.7 Å². The number of aliphatic carboxylic acids is 1. The highest BCUT2D eigenvalue weighted by Gasteiger charge is 2.26. The summed E-state index contributed by atoms with van der Waals surface area (Å²) in [5.74, 6) is -1.50. The molecule has 5 heteroatoms. The van der Waals surface area contributed by atoms with Crippen LogP contribution in [-0.4, -0.2) is 35.0 Å². The maximum absolute atomic E-state index is 12.0. The topological polar surface area (TPSA) is 57.6 Å². The molecule has 4 nitrogen and oxygen atoms in total. The number of thiophene rings is 1. The van der Waals surface area contributed by atoms with Gasteiger partial charge in [0.1, 0.15) is 0 Å². The third-order valence-corrected chi connectivity index (χ3v) is 4.16. The minimum atomic E-state index is -0.879. The maximum Gasteiger partial charge on any atom is 0.307 e. The Hall–Kier alpha value is -1.36. The lowest BCUT2D eigenvalue weighted by Gasteiger charge is -2.18. The average molecular weight is 267 g/mol. The quantitative estimate of drug-likeness (QED) is 0.887. The van der Waals surface area contributed by atoms with E-state index in [0.717, 1.165) is 30.8 Å². The van der Waals surface area contributed by atoms with Crippen LogP contribution in [-0.2, 0) is 16.0 Å². The molecule has 0 bridgehead atoms. The van der Waals surface area contributed by atoms with Gasteiger partial charge in [-0.25, -0.2) is 0 Å². The first-order chi connectivity index (χ1) is 8.66. The second-order valence-electron chi connectivity index (χ2n) is 4.61. The zero-order valence-electron chi connectivity index (χ0n) is 10.2. The van der Waals surface area contributed by atoms with Crippen molar-refractivity contribution in [2.45, 2.75) is 25.7 Å². The molecule has 18 heavy (non-hydrogen) atoms. The SMILES string of the molecule is O=C(O)C(CC(=O)N1CCCC1)Cc1cccs1. The minimum Gasteiger partial charge on any atom is -0.481 e. The van der Waals surface area contributed by atoms with Crippen molar-refractivity contribution < 1.29 is 14.7 Å². The third kappa shape index (κ3) is 3.32. The van der Waals surface area contributed by atoms with Crippen LogP contribution < -0.4 is 0 Å². The minimum absolute atomic E-state index is 0.0172. The summed E-state index contributed by atoms with van der Waals surface area (Å²) in [4.78, 5) is 26.0. The number of carboxylic acid groups (broad SMARTS) is 1. The number of amides is 1. The highest BCUT2D eigenvalue weighted by Crippen LogP contribution is 2.19. The lowest BCUT2D eigenvalue weighted by atomic mass is 10.00. The highest BCUT2D eigenvalue weighted by atomic mass is 32.1. The number of carbonyl (C=O) groups excluding carboxylic acids is 1. The summed E-state index contributed by atoms with van der Waals surface area (Å²) in [6, 6.07) is 3.82. The van der Waals surface area contributed by atoms with Crippen LogP contribution in [0.5, 0.6) is 0 Å². The van der Waals surface area contributed by atoms with Crippen LogP contribution in [0.1, 0.15) is 24.1 Å². The Labute approximate surface area is 110 Å². The molecule has 1 aromatic heterocycles. The largest absolute Gasteiger partial charge is 0.481 e. The van der Waals surface area contributed by atoms with Gasteiger partial charge in [0.25, 0.3) is 0 Å². The van der Waals surface area contributed by atoms with Gasteiger partial charge in [-0.15, -0.1) is 11.3 Å². The van der Waals surface area contributed by atoms with Crippen LogP contribution in [0.25, 0.3) is 0 Å². The molecule has 0 aromatic carbocycles. The molecule has 1 unspecified atom stereocenters. The summed E-state index contributed by atoms with van der Waals surface area (Å²) in [5, 5.41) is 11.1. The van der Waals surface area contributed by atoms with Gasteiger partial charge in [0.05, 0.1) is 5.92 Å². The van der Waals surface area contributed by atoms with Crippen molar-refractivity contribution in [3.05, 3.63) is 22.4 Å². The van der Waals surface area contributed by atoms with Gasteiger partial charge < -0.3 is 10.0 Å². The summed E-state index contributed by atoms with van der Waals surface area (Å²) in [6.07, 6.45) is 2.64. The molecule has 2 rings (SSSR count). The first-order valence-corrected chi connectivity index (χ1v) is 7.08. The zero-order chi connectivity index (χ0) is 13.0. The van der Waals surface area contributed by atoms with E-state index in [4.69, 9.17) is 0 Å². The van der Waals surface area contributed by atoms with Crippen LogP contribution in [0.15, 0.2) is 17.5 Å². The molecule has 1 saturated heterocycles. The number of likely N-dealkylation sites (tertiary alicyclic amines) is 1. The fourth-order valence-electron chi connectivity index (χ4n) is 2.22. The molecule has 1 amide bonds. The predicted molar refractivity (Wildman–Crippen MR) is 69.6 cm³/mol. The number of hydrogen-bond acceptors (Lipinski definition) is 3. The number of carbonyl (C=O) groups is 2. The molecule has 0 aliphatic carbocycles. The van der Waals surface area contributed by atoms with Crippen LogP contribution in [0.2, 0.25) is 0 Å². The first-order valence-electron chi connectivity index (χ1n) is 6.20. The van der Waals surface area contributed by atoms with E-state index in [-0.39, 0.29) is 12.3 Å². The Bertz CT molecular complexity index is 410. The molecule has 1 N–H and O–H groups in total. The van der Waals surface area contributed by atoms with Gasteiger partial charge in [0.15, 0.2) is 0 Å². The third-order valence-electron chi connectivity index (χ3n) is 3.26. The first kappa shape index (κ1) is 13.1. The van der Waals surface area contributed by atoms with Crippen molar-refractivity contribution in [1.29, 1.82) is 0 Å². The Kier molecular flexibility index (Phi) is 4.36. The van der Waals surface area contributed by atoms with Gasteiger partial charge in [-0.2, -0.15) is 0 Å². The molecular weight excluding hydrogens is 250 g/mol. The number of rotatable bonds is 5. The Morgan fingerprint density at radius 2 is 2.11 bits per heavy atom. The molecular formula is C13H17NO3S. The smallest absolute Gasteiger partial charge is 0.307 e. The molecule has 1 atom stereocenters. The summed E-state index contributed by atoms with van der Waals surface area (Å²) in [7, 11) is 0. The van der Waals surface area contributed by atoms with Crippen molar-refractivity contribution >= 4 is 23.2 Å². The van der Waals surface area contributed by atoms with E-state index in [1.54, 1.807) is 4.90 Å². The van der Waals surface area contributed by atoms with Gasteiger partial charge in [-0.3, -0.25) is 9.59 Å². The zero-order valence-corrected chi connectivity index (χ0v) is 11.0. The van der Waals surface area contributed by atoms with Crippen LogP contribution in [0, 0.1) is 5.92 Å². The van der Waals surface area contributed by atoms with Crippen molar-refractivity contribution in [2.75, 3.05) is 13.1 Å². The van der Waals surface area contributed by atoms with E-state index < -0.39 is 11.9 Å². The van der Waals surface area contributed by atoms with Gasteiger partial charge >= 0.3 is 5.97 Å². The standard InChI is InChI=1S/C13H17NO3S/c15-12(14-5-1-2-6-14)9-10(13(16)17)8-11-4-3-7-18-11/h3-4,7,10H,1-2,5-6,8-9H2,(H,16,17). The summed E-state index contributed by atoms with van der Waals surface area (Å²) in [6.45, 7) is 1.56. The fraction of sp³-hybridized carbons (Fsp3) is 0.538. The average Bonchev–Trinajstić information content (AvgIpc) is 3.00. The van der Waals surface area contributed by atoms with E-state index in [2.05, 4.69) is 0 Å². The maximum atomic E-state index is 12.0.